The second-order valence-electron chi connectivity index (χ2n) is 7.67. The van der Waals surface area contributed by atoms with E-state index in [4.69, 9.17) is 11.6 Å². The third-order valence-electron chi connectivity index (χ3n) is 5.36. The Morgan fingerprint density at radius 1 is 1.16 bits per heavy atom. The molecule has 9 heteroatoms. The van der Waals surface area contributed by atoms with Crippen LogP contribution >= 0.6 is 11.6 Å². The third-order valence-corrected chi connectivity index (χ3v) is 7.61. The van der Waals surface area contributed by atoms with E-state index in [9.17, 15) is 13.2 Å². The normalized spacial score (nSPS) is 15.6. The lowest BCUT2D eigenvalue weighted by molar-refractivity contribution is -0.127. The Kier molecular flexibility index (Phi) is 7.91. The van der Waals surface area contributed by atoms with E-state index in [-0.39, 0.29) is 11.7 Å². The summed E-state index contributed by atoms with van der Waals surface area (Å²) in [7, 11) is -3.41. The summed E-state index contributed by atoms with van der Waals surface area (Å²) in [5, 5.41) is 4.98. The molecule has 1 aliphatic heterocycles. The number of sulfonamides is 1. The maximum atomic E-state index is 12.7. The van der Waals surface area contributed by atoms with E-state index in [1.54, 1.807) is 27.8 Å². The number of aromatic nitrogens is 2. The van der Waals surface area contributed by atoms with Gasteiger partial charge in [0, 0.05) is 44.4 Å². The molecule has 168 valence electrons. The summed E-state index contributed by atoms with van der Waals surface area (Å²) in [5.41, 5.74) is 2.29. The molecule has 1 saturated heterocycles. The predicted octanol–water partition coefficient (Wildman–Crippen LogP) is 3.33. The van der Waals surface area contributed by atoms with Gasteiger partial charge in [-0.2, -0.15) is 9.40 Å². The van der Waals surface area contributed by atoms with Crippen molar-refractivity contribution >= 4 is 33.6 Å². The maximum absolute atomic E-state index is 12.7. The van der Waals surface area contributed by atoms with Gasteiger partial charge in [0.25, 0.3) is 0 Å². The monoisotopic (exact) mass is 464 g/mol. The lowest BCUT2D eigenvalue weighted by Crippen LogP contribution is -2.50. The third kappa shape index (κ3) is 5.96. The van der Waals surface area contributed by atoms with Crippen LogP contribution in [0, 0.1) is 6.92 Å². The van der Waals surface area contributed by atoms with Gasteiger partial charge in [-0.25, -0.2) is 8.42 Å². The molecule has 0 atom stereocenters. The van der Waals surface area contributed by atoms with Gasteiger partial charge in [0.1, 0.15) is 5.15 Å². The predicted molar refractivity (Wildman–Crippen MR) is 123 cm³/mol. The minimum atomic E-state index is -3.41. The highest BCUT2D eigenvalue weighted by Gasteiger charge is 2.28. The Morgan fingerprint density at radius 2 is 1.84 bits per heavy atom. The fourth-order valence-corrected chi connectivity index (χ4v) is 5.37. The van der Waals surface area contributed by atoms with Crippen LogP contribution in [-0.2, 0) is 27.1 Å². The van der Waals surface area contributed by atoms with E-state index >= 15 is 0 Å². The minimum absolute atomic E-state index is 0.0263. The zero-order valence-electron chi connectivity index (χ0n) is 18.0. The lowest BCUT2D eigenvalue weighted by Gasteiger charge is -2.33. The van der Waals surface area contributed by atoms with Crippen molar-refractivity contribution in [2.45, 2.75) is 39.0 Å². The van der Waals surface area contributed by atoms with E-state index < -0.39 is 10.0 Å². The van der Waals surface area contributed by atoms with Crippen molar-refractivity contribution in [3.05, 3.63) is 58.4 Å². The lowest BCUT2D eigenvalue weighted by atomic mass is 10.2. The summed E-state index contributed by atoms with van der Waals surface area (Å²) in [5.74, 6) is -0.182. The average Bonchev–Trinajstić information content (AvgIpc) is 3.03. The number of carbonyl (C=O) groups is 1. The molecule has 31 heavy (non-hydrogen) atoms. The number of rotatable bonds is 8. The Labute approximate surface area is 189 Å². The fraction of sp³-hybridized carbons (Fsp3) is 0.455. The first kappa shape index (κ1) is 23.5. The zero-order valence-corrected chi connectivity index (χ0v) is 19.6. The van der Waals surface area contributed by atoms with Crippen LogP contribution in [0.15, 0.2) is 36.4 Å². The van der Waals surface area contributed by atoms with Crippen LogP contribution in [0.2, 0.25) is 5.15 Å². The SMILES string of the molecule is CCCCn1nc(C)c(/C=C/C(=O)N2CCN(S(=O)(=O)Cc3ccccc3)CC2)c1Cl. The number of hydrogen-bond acceptors (Lipinski definition) is 4. The van der Waals surface area contributed by atoms with Crippen molar-refractivity contribution in [3.63, 3.8) is 0 Å². The number of benzene rings is 1. The van der Waals surface area contributed by atoms with Crippen LogP contribution in [0.1, 0.15) is 36.6 Å². The van der Waals surface area contributed by atoms with E-state index in [2.05, 4.69) is 12.0 Å². The molecule has 0 N–H and O–H groups in total. The number of halogens is 1. The molecule has 1 aliphatic rings. The number of unbranched alkanes of at least 4 members (excludes halogenated alkanes) is 1. The van der Waals surface area contributed by atoms with Crippen LogP contribution in [0.25, 0.3) is 6.08 Å². The number of aryl methyl sites for hydroxylation is 2. The standard InChI is InChI=1S/C22H29ClN4O3S/c1-3-4-12-27-22(23)20(18(2)24-27)10-11-21(28)25-13-15-26(16-14-25)31(29,30)17-19-8-6-5-7-9-19/h5-11H,3-4,12-17H2,1-2H3/b11-10+. The van der Waals surface area contributed by atoms with Crippen LogP contribution in [0.5, 0.6) is 0 Å². The van der Waals surface area contributed by atoms with Crippen molar-refractivity contribution in [3.8, 4) is 0 Å². The van der Waals surface area contributed by atoms with Crippen molar-refractivity contribution in [2.75, 3.05) is 26.2 Å². The first-order chi connectivity index (χ1) is 14.8. The molecule has 0 unspecified atom stereocenters. The summed E-state index contributed by atoms with van der Waals surface area (Å²) in [6.07, 6.45) is 5.23. The molecule has 2 heterocycles. The number of hydrogen-bond donors (Lipinski definition) is 0. The molecule has 1 aromatic heterocycles. The van der Waals surface area contributed by atoms with Gasteiger partial charge in [-0.05, 0) is 25.0 Å². The van der Waals surface area contributed by atoms with E-state index in [0.29, 0.717) is 31.3 Å². The Hall–Kier alpha value is -2.16. The minimum Gasteiger partial charge on any atom is -0.337 e. The molecular formula is C22H29ClN4O3S. The van der Waals surface area contributed by atoms with Crippen LogP contribution in [-0.4, -0.2) is 59.5 Å². The van der Waals surface area contributed by atoms with Gasteiger partial charge >= 0.3 is 0 Å². The molecule has 1 fully saturated rings. The summed E-state index contributed by atoms with van der Waals surface area (Å²) >= 11 is 6.42. The van der Waals surface area contributed by atoms with Crippen molar-refractivity contribution < 1.29 is 13.2 Å². The van der Waals surface area contributed by atoms with Crippen molar-refractivity contribution in [1.82, 2.24) is 19.0 Å². The number of carbonyl (C=O) groups excluding carboxylic acids is 1. The molecule has 2 aromatic rings. The number of piperazine rings is 1. The van der Waals surface area contributed by atoms with Crippen molar-refractivity contribution in [1.29, 1.82) is 0 Å². The largest absolute Gasteiger partial charge is 0.337 e. The van der Waals surface area contributed by atoms with E-state index in [0.717, 1.165) is 36.2 Å². The topological polar surface area (TPSA) is 75.5 Å². The first-order valence-electron chi connectivity index (χ1n) is 10.5. The van der Waals surface area contributed by atoms with Gasteiger partial charge < -0.3 is 4.90 Å². The van der Waals surface area contributed by atoms with E-state index in [1.807, 2.05) is 25.1 Å². The Balaban J connectivity index is 1.57. The first-order valence-corrected chi connectivity index (χ1v) is 12.5. The van der Waals surface area contributed by atoms with Crippen LogP contribution in [0.3, 0.4) is 0 Å². The molecule has 1 aromatic carbocycles. The van der Waals surface area contributed by atoms with Gasteiger partial charge in [-0.1, -0.05) is 55.3 Å². The molecule has 0 spiro atoms. The fourth-order valence-electron chi connectivity index (χ4n) is 3.54. The summed E-state index contributed by atoms with van der Waals surface area (Å²) in [6.45, 7) is 6.04. The maximum Gasteiger partial charge on any atom is 0.246 e. The van der Waals surface area contributed by atoms with E-state index in [1.165, 1.54) is 10.4 Å². The zero-order chi connectivity index (χ0) is 22.4. The number of amides is 1. The highest BCUT2D eigenvalue weighted by molar-refractivity contribution is 7.88. The number of nitrogens with zero attached hydrogens (tertiary/aromatic N) is 4. The molecule has 0 saturated carbocycles. The molecule has 3 rings (SSSR count). The van der Waals surface area contributed by atoms with Gasteiger partial charge in [0.15, 0.2) is 0 Å². The molecular weight excluding hydrogens is 436 g/mol. The highest BCUT2D eigenvalue weighted by Crippen LogP contribution is 2.22. The summed E-state index contributed by atoms with van der Waals surface area (Å²) < 4.78 is 28.6. The Morgan fingerprint density at radius 3 is 2.48 bits per heavy atom. The molecule has 0 radical (unpaired) electrons. The second kappa shape index (κ2) is 10.4. The van der Waals surface area contributed by atoms with Crippen LogP contribution in [0.4, 0.5) is 0 Å². The average molecular weight is 465 g/mol. The quantitative estimate of drug-likeness (QED) is 0.561. The molecule has 0 aliphatic carbocycles. The van der Waals surface area contributed by atoms with Gasteiger partial charge in [0.05, 0.1) is 11.4 Å². The second-order valence-corrected chi connectivity index (χ2v) is 9.99. The Bertz CT molecular complexity index is 1030. The molecule has 7 nitrogen and oxygen atoms in total. The summed E-state index contributed by atoms with van der Waals surface area (Å²) in [6, 6.07) is 9.13. The molecule has 1 amide bonds. The van der Waals surface area contributed by atoms with Gasteiger partial charge in [0.2, 0.25) is 15.9 Å². The smallest absolute Gasteiger partial charge is 0.246 e. The highest BCUT2D eigenvalue weighted by atomic mass is 35.5. The van der Waals surface area contributed by atoms with Crippen molar-refractivity contribution in [2.24, 2.45) is 0 Å². The van der Waals surface area contributed by atoms with Gasteiger partial charge in [-0.3, -0.25) is 9.48 Å². The van der Waals surface area contributed by atoms with Crippen LogP contribution < -0.4 is 0 Å². The van der Waals surface area contributed by atoms with Gasteiger partial charge in [-0.15, -0.1) is 0 Å². The summed E-state index contributed by atoms with van der Waals surface area (Å²) in [4.78, 5) is 14.3. The molecule has 0 bridgehead atoms.